The lowest BCUT2D eigenvalue weighted by molar-refractivity contribution is -0.264. The van der Waals surface area contributed by atoms with Gasteiger partial charge in [0.2, 0.25) is 5.79 Å². The number of carbonyl (C=O) groups is 5. The van der Waals surface area contributed by atoms with E-state index in [9.17, 15) is 39.3 Å². The van der Waals surface area contributed by atoms with Crippen molar-refractivity contribution in [3.8, 4) is 0 Å². The van der Waals surface area contributed by atoms with Crippen LogP contribution < -0.4 is 5.32 Å². The molecule has 2 bridgehead atoms. The van der Waals surface area contributed by atoms with Crippen molar-refractivity contribution in [3.05, 3.63) is 47.6 Å². The number of nitrogens with one attached hydrogen (secondary N) is 1. The Morgan fingerprint density at radius 3 is 2.34 bits per heavy atom. The van der Waals surface area contributed by atoms with Gasteiger partial charge < -0.3 is 49.2 Å². The van der Waals surface area contributed by atoms with E-state index in [1.54, 1.807) is 41.1 Å². The van der Waals surface area contributed by atoms with Crippen molar-refractivity contribution in [3.63, 3.8) is 0 Å². The molecule has 15 atom stereocenters. The van der Waals surface area contributed by atoms with Crippen molar-refractivity contribution in [1.29, 1.82) is 0 Å². The van der Waals surface area contributed by atoms with Crippen LogP contribution >= 0.6 is 0 Å². The second kappa shape index (κ2) is 29.5. The Bertz CT molecular complexity index is 1860. The first-order valence-corrected chi connectivity index (χ1v) is 26.7. The van der Waals surface area contributed by atoms with Gasteiger partial charge in [0.05, 0.1) is 44.2 Å². The maximum Gasteiger partial charge on any atom is 0.329 e. The molecule has 1 amide bonds. The normalized spacial score (nSPS) is 38.0. The third-order valence-electron chi connectivity index (χ3n) is 15.7. The summed E-state index contributed by atoms with van der Waals surface area (Å²) in [6.45, 7) is 16.8. The molecule has 1 saturated carbocycles. The first-order valence-electron chi connectivity index (χ1n) is 26.7. The van der Waals surface area contributed by atoms with Crippen molar-refractivity contribution in [2.24, 2.45) is 41.4 Å². The van der Waals surface area contributed by atoms with Gasteiger partial charge in [0, 0.05) is 63.4 Å². The third kappa shape index (κ3) is 17.3. The number of nitrogens with zero attached hydrogens (tertiary/aromatic N) is 1. The molecule has 3 aliphatic heterocycles. The number of fused-ring (bicyclic) bond motifs is 3. The van der Waals surface area contributed by atoms with E-state index in [1.807, 2.05) is 58.1 Å². The number of aliphatic hydroxyl groups is 3. The Morgan fingerprint density at radius 2 is 1.63 bits per heavy atom. The summed E-state index contributed by atoms with van der Waals surface area (Å²) >= 11 is 0. The molecule has 0 radical (unpaired) electrons. The standard InChI is InChI=1S/C56H90N2O13/c1-11-44-51(61)39(6)29-35(2)17-13-12-14-18-36(3)45(57-24-26-69-28-27-67-9)33-43-22-20-41(8)56(66,71-43)53(63)54(64)58-25-16-15-19-46(58)55(65)70-49(34-48(60)37(4)30-40(7)52(44)62)38(5)31-42-21-23-47(59)50(32-42)68-10/h12-14,17-18,30,35,37-39,41-47,49-50,52,57,59,62,66H,11,15-16,19-29,31-34H2,1-10H3/b14-12+,17-13+,36-18+,40-30+. The molecule has 4 aliphatic rings. The number of aliphatic hydroxyl groups excluding tert-OH is 2. The highest BCUT2D eigenvalue weighted by Crippen LogP contribution is 2.38. The van der Waals surface area contributed by atoms with Crippen molar-refractivity contribution in [2.75, 3.05) is 47.1 Å². The number of amides is 1. The topological polar surface area (TPSA) is 207 Å². The van der Waals surface area contributed by atoms with E-state index in [4.69, 9.17) is 23.7 Å². The number of methoxy groups -OCH3 is 2. The number of piperidine rings is 1. The molecule has 15 nitrogen and oxygen atoms in total. The summed E-state index contributed by atoms with van der Waals surface area (Å²) in [5.74, 6) is -8.13. The fraction of sp³-hybridized carbons (Fsp3) is 0.768. The van der Waals surface area contributed by atoms with Gasteiger partial charge in [-0.15, -0.1) is 0 Å². The minimum absolute atomic E-state index is 0.0359. The summed E-state index contributed by atoms with van der Waals surface area (Å²) in [5, 5.41) is 37.8. The van der Waals surface area contributed by atoms with Crippen LogP contribution in [-0.4, -0.2) is 145 Å². The molecule has 0 aromatic heterocycles. The number of ketones is 3. The Labute approximate surface area is 424 Å². The van der Waals surface area contributed by atoms with Crippen molar-refractivity contribution in [1.82, 2.24) is 10.2 Å². The number of rotatable bonds is 12. The molecular weight excluding hydrogens is 909 g/mol. The molecule has 0 spiro atoms. The predicted octanol–water partition coefficient (Wildman–Crippen LogP) is 6.80. The molecular formula is C56H90N2O13. The average molecular weight is 999 g/mol. The Morgan fingerprint density at radius 1 is 0.887 bits per heavy atom. The largest absolute Gasteiger partial charge is 0.460 e. The second-order valence-corrected chi connectivity index (χ2v) is 21.3. The van der Waals surface area contributed by atoms with Gasteiger partial charge in [-0.05, 0) is 114 Å². The van der Waals surface area contributed by atoms with E-state index < -0.39 is 71.7 Å². The molecule has 3 heterocycles. The number of esters is 1. The van der Waals surface area contributed by atoms with Crippen LogP contribution in [0, 0.1) is 41.4 Å². The summed E-state index contributed by atoms with van der Waals surface area (Å²) in [6, 6.07) is -1.39. The van der Waals surface area contributed by atoms with E-state index >= 15 is 0 Å². The number of Topliss-reactive ketones (excluding diaryl/α,β-unsaturated/α-hetero) is 3. The molecule has 15 unspecified atom stereocenters. The predicted molar refractivity (Wildman–Crippen MR) is 272 cm³/mol. The van der Waals surface area contributed by atoms with Crippen molar-refractivity contribution >= 4 is 29.2 Å². The van der Waals surface area contributed by atoms with Crippen LogP contribution in [0.2, 0.25) is 0 Å². The monoisotopic (exact) mass is 999 g/mol. The maximum atomic E-state index is 14.5. The number of ether oxygens (including phenoxy) is 5. The highest BCUT2D eigenvalue weighted by Gasteiger charge is 2.53. The Hall–Kier alpha value is -3.41. The molecule has 4 rings (SSSR count). The summed E-state index contributed by atoms with van der Waals surface area (Å²) < 4.78 is 29.0. The van der Waals surface area contributed by atoms with Gasteiger partial charge in [-0.3, -0.25) is 19.2 Å². The number of allylic oxidation sites excluding steroid dienone is 6. The highest BCUT2D eigenvalue weighted by molar-refractivity contribution is 6.39. The summed E-state index contributed by atoms with van der Waals surface area (Å²) in [7, 11) is 3.19. The van der Waals surface area contributed by atoms with E-state index in [1.165, 1.54) is 4.90 Å². The Kier molecular flexibility index (Phi) is 25.0. The first-order chi connectivity index (χ1) is 33.7. The van der Waals surface area contributed by atoms with E-state index in [-0.39, 0.29) is 66.8 Å². The number of hydrogen-bond donors (Lipinski definition) is 4. The van der Waals surface area contributed by atoms with Crippen LogP contribution in [0.25, 0.3) is 0 Å². The molecule has 15 heteroatoms. The van der Waals surface area contributed by atoms with Gasteiger partial charge in [-0.1, -0.05) is 83.6 Å². The van der Waals surface area contributed by atoms with Gasteiger partial charge >= 0.3 is 5.97 Å². The quantitative estimate of drug-likeness (QED) is 0.0687. The molecule has 0 aromatic carbocycles. The highest BCUT2D eigenvalue weighted by atomic mass is 16.6. The van der Waals surface area contributed by atoms with E-state index in [0.29, 0.717) is 96.1 Å². The van der Waals surface area contributed by atoms with Crippen LogP contribution in [0.15, 0.2) is 47.6 Å². The third-order valence-corrected chi connectivity index (χ3v) is 15.7. The fourth-order valence-corrected chi connectivity index (χ4v) is 11.0. The zero-order valence-electron chi connectivity index (χ0n) is 44.6. The van der Waals surface area contributed by atoms with Gasteiger partial charge in [-0.25, -0.2) is 4.79 Å². The zero-order chi connectivity index (χ0) is 52.4. The van der Waals surface area contributed by atoms with E-state index in [2.05, 4.69) is 12.2 Å². The van der Waals surface area contributed by atoms with Crippen molar-refractivity contribution in [2.45, 2.75) is 187 Å². The van der Waals surface area contributed by atoms with Crippen LogP contribution in [-0.2, 0) is 47.7 Å². The van der Waals surface area contributed by atoms with Crippen LogP contribution in [0.3, 0.4) is 0 Å². The van der Waals surface area contributed by atoms with E-state index in [0.717, 1.165) is 12.0 Å². The second-order valence-electron chi connectivity index (χ2n) is 21.3. The summed E-state index contributed by atoms with van der Waals surface area (Å²) in [4.78, 5) is 72.7. The molecule has 0 aromatic rings. The smallest absolute Gasteiger partial charge is 0.329 e. The van der Waals surface area contributed by atoms with Gasteiger partial charge in [0.25, 0.3) is 11.7 Å². The average Bonchev–Trinajstić information content (AvgIpc) is 3.34. The number of cyclic esters (lactones) is 1. The number of hydrogen-bond acceptors (Lipinski definition) is 14. The summed E-state index contributed by atoms with van der Waals surface area (Å²) in [5.41, 5.74) is 1.48. The minimum atomic E-state index is -2.44. The molecule has 4 N–H and O–H groups in total. The minimum Gasteiger partial charge on any atom is -0.460 e. The van der Waals surface area contributed by atoms with Crippen LogP contribution in [0.1, 0.15) is 139 Å². The van der Waals surface area contributed by atoms with Gasteiger partial charge in [-0.2, -0.15) is 0 Å². The molecule has 71 heavy (non-hydrogen) atoms. The summed E-state index contributed by atoms with van der Waals surface area (Å²) in [6.07, 6.45) is 14.0. The SMILES string of the molecule is CCC1C(=O)C(C)CC(C)/C=C/C=C/C=C(\C)C(NCCOCCOC)CC2CCC(C)C(O)(O2)C(=O)C(=O)N2CCCCC2C(=O)OC(C(C)CC2CCC(O)C(OC)C2)CC(=O)C(C)/C=C(\C)C1O. The molecule has 1 aliphatic carbocycles. The fourth-order valence-electron chi connectivity index (χ4n) is 11.0. The van der Waals surface area contributed by atoms with Gasteiger partial charge in [0.15, 0.2) is 0 Å². The lowest BCUT2D eigenvalue weighted by atomic mass is 9.78. The van der Waals surface area contributed by atoms with Gasteiger partial charge in [0.1, 0.15) is 23.7 Å². The molecule has 3 fully saturated rings. The lowest BCUT2D eigenvalue weighted by Gasteiger charge is -2.43. The number of carbonyl (C=O) groups excluding carboxylic acids is 5. The maximum absolute atomic E-state index is 14.5. The zero-order valence-corrected chi connectivity index (χ0v) is 44.6. The lowest BCUT2D eigenvalue weighted by Crippen LogP contribution is -2.61. The van der Waals surface area contributed by atoms with Crippen LogP contribution in [0.4, 0.5) is 0 Å². The Balaban J connectivity index is 1.71. The first kappa shape index (κ1) is 60.1. The molecule has 402 valence electrons. The van der Waals surface area contributed by atoms with Crippen molar-refractivity contribution < 1.29 is 63.0 Å². The molecule has 2 saturated heterocycles. The van der Waals surface area contributed by atoms with Crippen LogP contribution in [0.5, 0.6) is 0 Å².